The van der Waals surface area contributed by atoms with Crippen LogP contribution in [0.3, 0.4) is 0 Å². The Labute approximate surface area is 100 Å². The molecule has 17 heavy (non-hydrogen) atoms. The number of piperidine rings is 1. The van der Waals surface area contributed by atoms with Gasteiger partial charge in [0, 0.05) is 6.04 Å². The average Bonchev–Trinajstić information content (AvgIpc) is 2.76. The van der Waals surface area contributed by atoms with Crippen LogP contribution < -0.4 is 10.1 Å². The van der Waals surface area contributed by atoms with E-state index in [1.807, 2.05) is 0 Å². The van der Waals surface area contributed by atoms with Crippen LogP contribution in [0, 0.1) is 0 Å². The summed E-state index contributed by atoms with van der Waals surface area (Å²) in [6.45, 7) is 1.27. The molecule has 0 spiro atoms. The SMILES string of the molecule is FC(F)(F)c1nnc(OCC2CCCCN2)s1. The molecule has 1 saturated heterocycles. The van der Waals surface area contributed by atoms with E-state index in [2.05, 4.69) is 15.5 Å². The quantitative estimate of drug-likeness (QED) is 0.910. The second-order valence-electron chi connectivity index (χ2n) is 3.83. The van der Waals surface area contributed by atoms with Crippen molar-refractivity contribution < 1.29 is 17.9 Å². The Hall–Kier alpha value is -0.890. The molecule has 1 aromatic rings. The molecule has 1 aromatic heterocycles. The normalized spacial score (nSPS) is 21.5. The Bertz CT molecular complexity index is 363. The maximum absolute atomic E-state index is 12.2. The average molecular weight is 267 g/mol. The lowest BCUT2D eigenvalue weighted by molar-refractivity contribution is -0.138. The van der Waals surface area contributed by atoms with Crippen molar-refractivity contribution >= 4 is 11.3 Å². The number of rotatable bonds is 3. The van der Waals surface area contributed by atoms with E-state index >= 15 is 0 Å². The summed E-state index contributed by atoms with van der Waals surface area (Å²) in [4.78, 5) is 0. The van der Waals surface area contributed by atoms with Gasteiger partial charge in [-0.05, 0) is 19.4 Å². The minimum Gasteiger partial charge on any atom is -0.467 e. The topological polar surface area (TPSA) is 47.0 Å². The van der Waals surface area contributed by atoms with Crippen LogP contribution in [-0.4, -0.2) is 29.4 Å². The third kappa shape index (κ3) is 3.53. The first-order valence-electron chi connectivity index (χ1n) is 5.32. The van der Waals surface area contributed by atoms with Crippen LogP contribution in [-0.2, 0) is 6.18 Å². The molecule has 0 aromatic carbocycles. The molecule has 1 N–H and O–H groups in total. The zero-order valence-electron chi connectivity index (χ0n) is 8.96. The van der Waals surface area contributed by atoms with E-state index in [9.17, 15) is 13.2 Å². The zero-order chi connectivity index (χ0) is 12.3. The van der Waals surface area contributed by atoms with Crippen molar-refractivity contribution in [2.75, 3.05) is 13.2 Å². The van der Waals surface area contributed by atoms with Crippen LogP contribution in [0.5, 0.6) is 5.19 Å². The zero-order valence-corrected chi connectivity index (χ0v) is 9.77. The van der Waals surface area contributed by atoms with E-state index in [1.165, 1.54) is 0 Å². The molecule has 1 atom stereocenters. The standard InChI is InChI=1S/C9H12F3N3OS/c10-9(11,12)7-14-15-8(17-7)16-5-6-3-1-2-4-13-6/h6,13H,1-5H2. The molecule has 1 fully saturated rings. The fourth-order valence-corrected chi connectivity index (χ4v) is 2.19. The molecule has 2 rings (SSSR count). The molecule has 0 saturated carbocycles. The van der Waals surface area contributed by atoms with Crippen molar-refractivity contribution in [2.24, 2.45) is 0 Å². The lowest BCUT2D eigenvalue weighted by atomic mass is 10.1. The number of halogens is 3. The fourth-order valence-electron chi connectivity index (χ4n) is 1.62. The molecule has 1 aliphatic rings. The summed E-state index contributed by atoms with van der Waals surface area (Å²) in [7, 11) is 0. The first-order chi connectivity index (χ1) is 8.05. The molecule has 1 aliphatic heterocycles. The van der Waals surface area contributed by atoms with Crippen LogP contribution in [0.1, 0.15) is 24.3 Å². The molecule has 8 heteroatoms. The van der Waals surface area contributed by atoms with Gasteiger partial charge in [-0.1, -0.05) is 22.9 Å². The minimum atomic E-state index is -4.44. The number of ether oxygens (including phenoxy) is 1. The molecule has 0 bridgehead atoms. The Kier molecular flexibility index (Phi) is 3.82. The summed E-state index contributed by atoms with van der Waals surface area (Å²) >= 11 is 0.431. The van der Waals surface area contributed by atoms with E-state index in [1.54, 1.807) is 0 Å². The molecule has 0 radical (unpaired) electrons. The summed E-state index contributed by atoms with van der Waals surface area (Å²) in [6, 6.07) is 0.196. The van der Waals surface area contributed by atoms with Gasteiger partial charge in [0.25, 0.3) is 5.19 Å². The molecular weight excluding hydrogens is 255 g/mol. The van der Waals surface area contributed by atoms with Gasteiger partial charge in [0.2, 0.25) is 5.01 Å². The van der Waals surface area contributed by atoms with Crippen molar-refractivity contribution in [2.45, 2.75) is 31.5 Å². The highest BCUT2D eigenvalue weighted by Gasteiger charge is 2.36. The van der Waals surface area contributed by atoms with Gasteiger partial charge in [0.05, 0.1) is 0 Å². The largest absolute Gasteiger partial charge is 0.467 e. The number of alkyl halides is 3. The maximum Gasteiger partial charge on any atom is 0.445 e. The Morgan fingerprint density at radius 2 is 2.18 bits per heavy atom. The highest BCUT2D eigenvalue weighted by atomic mass is 32.1. The molecule has 96 valence electrons. The molecule has 1 unspecified atom stereocenters. The minimum absolute atomic E-state index is 0.0234. The van der Waals surface area contributed by atoms with Crippen molar-refractivity contribution in [3.63, 3.8) is 0 Å². The Morgan fingerprint density at radius 1 is 1.35 bits per heavy atom. The molecule has 0 amide bonds. The van der Waals surface area contributed by atoms with Crippen LogP contribution in [0.25, 0.3) is 0 Å². The van der Waals surface area contributed by atoms with Crippen LogP contribution in [0.2, 0.25) is 0 Å². The third-order valence-corrected chi connectivity index (χ3v) is 3.35. The fraction of sp³-hybridized carbons (Fsp3) is 0.778. The van der Waals surface area contributed by atoms with Crippen molar-refractivity contribution in [3.8, 4) is 5.19 Å². The van der Waals surface area contributed by atoms with Gasteiger partial charge in [0.15, 0.2) is 0 Å². The van der Waals surface area contributed by atoms with Crippen molar-refractivity contribution in [3.05, 3.63) is 5.01 Å². The third-order valence-electron chi connectivity index (χ3n) is 2.47. The highest BCUT2D eigenvalue weighted by Crippen LogP contribution is 2.33. The Morgan fingerprint density at radius 3 is 2.76 bits per heavy atom. The predicted molar refractivity (Wildman–Crippen MR) is 56.0 cm³/mol. The van der Waals surface area contributed by atoms with Crippen LogP contribution in [0.4, 0.5) is 13.2 Å². The van der Waals surface area contributed by atoms with E-state index in [-0.39, 0.29) is 11.2 Å². The smallest absolute Gasteiger partial charge is 0.445 e. The van der Waals surface area contributed by atoms with Gasteiger partial charge < -0.3 is 10.1 Å². The number of nitrogens with one attached hydrogen (secondary N) is 1. The van der Waals surface area contributed by atoms with Gasteiger partial charge >= 0.3 is 6.18 Å². The van der Waals surface area contributed by atoms with Crippen LogP contribution >= 0.6 is 11.3 Å². The number of nitrogens with zero attached hydrogens (tertiary/aromatic N) is 2. The summed E-state index contributed by atoms with van der Waals surface area (Å²) in [5, 5.41) is 8.66. The number of aromatic nitrogens is 2. The van der Waals surface area contributed by atoms with E-state index < -0.39 is 11.2 Å². The van der Waals surface area contributed by atoms with E-state index in [0.717, 1.165) is 25.8 Å². The summed E-state index contributed by atoms with van der Waals surface area (Å²) in [5.74, 6) is 0. The number of hydrogen-bond acceptors (Lipinski definition) is 5. The highest BCUT2D eigenvalue weighted by molar-refractivity contribution is 7.13. The number of hydrogen-bond donors (Lipinski definition) is 1. The summed E-state index contributed by atoms with van der Waals surface area (Å²) in [6.07, 6.45) is -1.22. The lowest BCUT2D eigenvalue weighted by Gasteiger charge is -2.22. The second-order valence-corrected chi connectivity index (χ2v) is 4.77. The van der Waals surface area contributed by atoms with Gasteiger partial charge in [0.1, 0.15) is 6.61 Å². The predicted octanol–water partition coefficient (Wildman–Crippen LogP) is 2.08. The van der Waals surface area contributed by atoms with E-state index in [4.69, 9.17) is 4.74 Å². The van der Waals surface area contributed by atoms with Crippen molar-refractivity contribution in [1.29, 1.82) is 0 Å². The lowest BCUT2D eigenvalue weighted by Crippen LogP contribution is -2.38. The first-order valence-corrected chi connectivity index (χ1v) is 6.14. The molecule has 0 aliphatic carbocycles. The van der Waals surface area contributed by atoms with Crippen LogP contribution in [0.15, 0.2) is 0 Å². The maximum atomic E-state index is 12.2. The summed E-state index contributed by atoms with van der Waals surface area (Å²) in [5.41, 5.74) is 0. The van der Waals surface area contributed by atoms with Crippen molar-refractivity contribution in [1.82, 2.24) is 15.5 Å². The van der Waals surface area contributed by atoms with Gasteiger partial charge in [-0.3, -0.25) is 0 Å². The second kappa shape index (κ2) is 5.18. The molecule has 4 nitrogen and oxygen atoms in total. The summed E-state index contributed by atoms with van der Waals surface area (Å²) < 4.78 is 41.9. The molecular formula is C9H12F3N3OS. The van der Waals surface area contributed by atoms with Gasteiger partial charge in [-0.2, -0.15) is 13.2 Å². The molecule has 2 heterocycles. The first kappa shape index (κ1) is 12.6. The van der Waals surface area contributed by atoms with Gasteiger partial charge in [-0.15, -0.1) is 5.10 Å². The van der Waals surface area contributed by atoms with Gasteiger partial charge in [-0.25, -0.2) is 0 Å². The van der Waals surface area contributed by atoms with E-state index in [0.29, 0.717) is 17.9 Å². The monoisotopic (exact) mass is 267 g/mol. The Balaban J connectivity index is 1.84.